The van der Waals surface area contributed by atoms with Gasteiger partial charge in [0.2, 0.25) is 0 Å². The smallest absolute Gasteiger partial charge is 0.345 e. The zero-order valence-corrected chi connectivity index (χ0v) is 35.6. The van der Waals surface area contributed by atoms with Gasteiger partial charge in [-0.05, 0) is 95.1 Å². The van der Waals surface area contributed by atoms with Crippen molar-refractivity contribution in [3.05, 3.63) is 96.2 Å². The topological polar surface area (TPSA) is 180 Å². The number of nitrogens with one attached hydrogen (secondary N) is 1. The summed E-state index contributed by atoms with van der Waals surface area (Å²) in [7, 11) is 0. The van der Waals surface area contributed by atoms with Crippen LogP contribution in [0.5, 0.6) is 0 Å². The summed E-state index contributed by atoms with van der Waals surface area (Å²) in [6.07, 6.45) is 9.00. The largest absolute Gasteiger partial charge is 0.480 e. The number of hydrogen-bond donors (Lipinski definition) is 3. The molecule has 16 heteroatoms. The van der Waals surface area contributed by atoms with Crippen LogP contribution in [0.3, 0.4) is 0 Å². The van der Waals surface area contributed by atoms with E-state index < -0.39 is 18.1 Å². The number of piperidine rings is 3. The first-order valence-electron chi connectivity index (χ1n) is 21.6. The Labute approximate surface area is 359 Å². The van der Waals surface area contributed by atoms with Crippen LogP contribution in [0, 0.1) is 5.92 Å². The molecular weight excluding hydrogens is 783 g/mol. The third kappa shape index (κ3) is 11.9. The van der Waals surface area contributed by atoms with Gasteiger partial charge in [-0.1, -0.05) is 79.4 Å². The highest BCUT2D eigenvalue weighted by Crippen LogP contribution is 2.33. The Morgan fingerprint density at radius 1 is 0.705 bits per heavy atom. The molecule has 61 heavy (non-hydrogen) atoms. The van der Waals surface area contributed by atoms with Crippen molar-refractivity contribution >= 4 is 23.9 Å². The summed E-state index contributed by atoms with van der Waals surface area (Å²) < 4.78 is 0. The third-order valence-corrected chi connectivity index (χ3v) is 12.5. The molecule has 0 unspecified atom stereocenters. The van der Waals surface area contributed by atoms with E-state index >= 15 is 0 Å². The van der Waals surface area contributed by atoms with E-state index in [-0.39, 0.29) is 36.2 Å². The summed E-state index contributed by atoms with van der Waals surface area (Å²) in [6.45, 7) is 15.4. The maximum atomic E-state index is 12.8. The van der Waals surface area contributed by atoms with Crippen LogP contribution in [0.15, 0.2) is 85.1 Å². The minimum absolute atomic E-state index is 0.0131. The second-order valence-electron chi connectivity index (χ2n) is 16.8. The minimum atomic E-state index is -0.943. The van der Waals surface area contributed by atoms with Crippen molar-refractivity contribution in [1.29, 1.82) is 0 Å². The van der Waals surface area contributed by atoms with Crippen LogP contribution in [0.1, 0.15) is 89.2 Å². The van der Waals surface area contributed by atoms with Crippen LogP contribution < -0.4 is 11.4 Å². The maximum absolute atomic E-state index is 12.8. The van der Waals surface area contributed by atoms with Gasteiger partial charge in [0.15, 0.2) is 0 Å². The Morgan fingerprint density at radius 2 is 1.20 bits per heavy atom. The molecule has 1 saturated carbocycles. The predicted molar refractivity (Wildman–Crippen MR) is 226 cm³/mol. The van der Waals surface area contributed by atoms with E-state index in [0.717, 1.165) is 62.0 Å². The fraction of sp³-hybridized carbons (Fsp3) is 0.556. The van der Waals surface area contributed by atoms with Gasteiger partial charge in [0, 0.05) is 31.9 Å². The molecule has 4 bridgehead atoms. The van der Waals surface area contributed by atoms with Gasteiger partial charge < -0.3 is 24.6 Å². The lowest BCUT2D eigenvalue weighted by Gasteiger charge is -2.34. The predicted octanol–water partition coefficient (Wildman–Crippen LogP) is 5.92. The van der Waals surface area contributed by atoms with Gasteiger partial charge in [-0.2, -0.15) is 10.1 Å². The first kappa shape index (κ1) is 45.5. The van der Waals surface area contributed by atoms with E-state index in [1.807, 2.05) is 67.6 Å². The van der Waals surface area contributed by atoms with E-state index in [1.165, 1.54) is 33.4 Å². The number of hydroxylamine groups is 5. The van der Waals surface area contributed by atoms with Crippen molar-refractivity contribution in [2.75, 3.05) is 26.2 Å². The fourth-order valence-electron chi connectivity index (χ4n) is 8.82. The second-order valence-corrected chi connectivity index (χ2v) is 16.8. The molecule has 6 fully saturated rings. The molecular formula is C45H63N7O9. The molecule has 1 aliphatic carbocycles. The number of likely N-dealkylation sites (tertiary alicyclic amines) is 1. The number of nitrogens with zero attached hydrogens (tertiary/aromatic N) is 5. The number of aliphatic carboxylic acids is 1. The number of amides is 5. The number of carboxylic acids is 1. The molecule has 2 aromatic rings. The summed E-state index contributed by atoms with van der Waals surface area (Å²) in [4.78, 5) is 75.9. The zero-order chi connectivity index (χ0) is 43.5. The number of allylic oxidation sites excluding steroid dienone is 2. The number of carboxylic acid groups (broad SMARTS) is 1. The standard InChI is InChI=1S/C22H30N4O4.C14H16N2O4.C9H17NO/c1-16(2)24-12-10-19(11-13-24)30-23-21(27)20-9-8-18-14-25(20)22(28)26(18)29-15-17-6-4-3-5-7-17;17-13(18)12-7-6-11-8-15(12)14(19)16(11)20-9-10-4-2-1-3-5-10;1-7(2)8-3-5-9(11-10)6-4-8/h3-7,18-20H,1,8-15H2,2H3,(H,23,27);1-5,11-12H,6-9H2,(H,17,18);8-9H,1,3-6,10H2,2H3/t18-,20+;11-,12+;/m11./s1. The first-order valence-corrected chi connectivity index (χ1v) is 21.6. The Hall–Kier alpha value is -5.00. The molecule has 332 valence electrons. The van der Waals surface area contributed by atoms with E-state index in [1.54, 1.807) is 4.90 Å². The van der Waals surface area contributed by atoms with Crippen LogP contribution >= 0.6 is 0 Å². The highest BCUT2D eigenvalue weighted by Gasteiger charge is 2.49. The van der Waals surface area contributed by atoms with E-state index in [4.69, 9.17) is 30.4 Å². The van der Waals surface area contributed by atoms with Crippen molar-refractivity contribution in [2.24, 2.45) is 11.8 Å². The normalized spacial score (nSPS) is 25.9. The van der Waals surface area contributed by atoms with Crippen molar-refractivity contribution < 1.29 is 43.6 Å². The molecule has 4 atom stereocenters. The molecule has 5 aliphatic heterocycles. The molecule has 5 saturated heterocycles. The Kier molecular flexibility index (Phi) is 16.2. The Bertz CT molecular complexity index is 1800. The quantitative estimate of drug-likeness (QED) is 0.161. The van der Waals surface area contributed by atoms with Gasteiger partial charge in [-0.3, -0.25) is 19.3 Å². The van der Waals surface area contributed by atoms with Gasteiger partial charge in [-0.25, -0.2) is 25.8 Å². The Balaban J connectivity index is 0.000000172. The molecule has 4 N–H and O–H groups in total. The molecule has 2 aromatic carbocycles. The van der Waals surface area contributed by atoms with Gasteiger partial charge in [0.05, 0.1) is 24.3 Å². The third-order valence-electron chi connectivity index (χ3n) is 12.5. The van der Waals surface area contributed by atoms with Gasteiger partial charge >= 0.3 is 18.0 Å². The van der Waals surface area contributed by atoms with Gasteiger partial charge in [-0.15, -0.1) is 0 Å². The van der Waals surface area contributed by atoms with E-state index in [0.29, 0.717) is 57.6 Å². The van der Waals surface area contributed by atoms with Gasteiger partial charge in [0.1, 0.15) is 25.3 Å². The highest BCUT2D eigenvalue weighted by atomic mass is 16.7. The molecule has 8 rings (SSSR count). The number of rotatable bonds is 13. The highest BCUT2D eigenvalue weighted by molar-refractivity contribution is 5.88. The molecule has 5 heterocycles. The number of hydrogen-bond acceptors (Lipinski definition) is 10. The summed E-state index contributed by atoms with van der Waals surface area (Å²) in [5, 5.41) is 11.9. The summed E-state index contributed by atoms with van der Waals surface area (Å²) in [6, 6.07) is 17.4. The summed E-state index contributed by atoms with van der Waals surface area (Å²) in [5.74, 6) is 4.61. The van der Waals surface area contributed by atoms with Crippen molar-refractivity contribution in [3.8, 4) is 0 Å². The average molecular weight is 846 g/mol. The second kappa shape index (κ2) is 21.7. The van der Waals surface area contributed by atoms with E-state index in [2.05, 4.69) is 30.5 Å². The van der Waals surface area contributed by atoms with Crippen LogP contribution in [0.25, 0.3) is 0 Å². The van der Waals surface area contributed by atoms with Crippen LogP contribution in [-0.4, -0.2) is 116 Å². The summed E-state index contributed by atoms with van der Waals surface area (Å²) in [5.41, 5.74) is 6.95. The van der Waals surface area contributed by atoms with Crippen LogP contribution in [0.4, 0.5) is 9.59 Å². The monoisotopic (exact) mass is 845 g/mol. The number of nitrogens with two attached hydrogens (primary N) is 1. The number of carbonyl (C=O) groups is 4. The number of fused-ring (bicyclic) bond motifs is 4. The van der Waals surface area contributed by atoms with Crippen molar-refractivity contribution in [1.82, 2.24) is 30.3 Å². The zero-order valence-electron chi connectivity index (χ0n) is 35.6. The van der Waals surface area contributed by atoms with Crippen LogP contribution in [-0.2, 0) is 42.2 Å². The fourth-order valence-corrected chi connectivity index (χ4v) is 8.82. The molecule has 6 aliphatic rings. The SMILES string of the molecule is C=C(C)C1CCC(ON)CC1.C=C(C)N1CCC(ONC(=O)[C@@H]2CC[C@@H]3CN2C(=O)N3OCc2ccccc2)CC1.O=C(O)[C@@H]1CC[C@@H]2CN1C(=O)N2OCc1ccccc1. The molecule has 0 aromatic heterocycles. The van der Waals surface area contributed by atoms with Gasteiger partial charge in [0.25, 0.3) is 5.91 Å². The molecule has 16 nitrogen and oxygen atoms in total. The number of urea groups is 2. The molecule has 0 spiro atoms. The first-order chi connectivity index (χ1) is 29.4. The maximum Gasteiger partial charge on any atom is 0.345 e. The molecule has 5 amide bonds. The van der Waals surface area contributed by atoms with Crippen molar-refractivity contribution in [3.63, 3.8) is 0 Å². The van der Waals surface area contributed by atoms with Crippen molar-refractivity contribution in [2.45, 2.75) is 128 Å². The average Bonchev–Trinajstić information content (AvgIpc) is 3.66. The minimum Gasteiger partial charge on any atom is -0.480 e. The lowest BCUT2D eigenvalue weighted by atomic mass is 9.84. The number of carbonyl (C=O) groups excluding carboxylic acids is 3. The Morgan fingerprint density at radius 3 is 1.66 bits per heavy atom. The molecule has 0 radical (unpaired) electrons. The summed E-state index contributed by atoms with van der Waals surface area (Å²) >= 11 is 0. The van der Waals surface area contributed by atoms with E-state index in [9.17, 15) is 19.2 Å². The number of benzene rings is 2. The lowest BCUT2D eigenvalue weighted by Crippen LogP contribution is -2.50. The van der Waals surface area contributed by atoms with Crippen LogP contribution in [0.2, 0.25) is 0 Å². The lowest BCUT2D eigenvalue weighted by molar-refractivity contribution is -0.146.